The van der Waals surface area contributed by atoms with Gasteiger partial charge in [0.2, 0.25) is 11.8 Å². The summed E-state index contributed by atoms with van der Waals surface area (Å²) in [6, 6.07) is 14.8. The highest BCUT2D eigenvalue weighted by molar-refractivity contribution is 7.12. The quantitative estimate of drug-likeness (QED) is 0.431. The van der Waals surface area contributed by atoms with Gasteiger partial charge in [0.1, 0.15) is 6.04 Å². The number of benzene rings is 2. The minimum absolute atomic E-state index is 0.294. The molecule has 37 heavy (non-hydrogen) atoms. The number of aryl methyl sites for hydroxylation is 1. The summed E-state index contributed by atoms with van der Waals surface area (Å²) in [6.07, 6.45) is 0. The van der Waals surface area contributed by atoms with Crippen LogP contribution in [0.3, 0.4) is 0 Å². The molecule has 0 aliphatic rings. The second-order valence-corrected chi connectivity index (χ2v) is 10.4. The van der Waals surface area contributed by atoms with Crippen molar-refractivity contribution >= 4 is 34.7 Å². The maximum atomic E-state index is 13.8. The first kappa shape index (κ1) is 27.7. The molecule has 2 aromatic carbocycles. The number of nitrogens with zero attached hydrogens (tertiary/aromatic N) is 1. The molecule has 0 fully saturated rings. The van der Waals surface area contributed by atoms with Gasteiger partial charge in [-0.3, -0.25) is 19.3 Å². The summed E-state index contributed by atoms with van der Waals surface area (Å²) >= 11 is 1.29. The number of carbonyl (C=O) groups excluding carboxylic acids is 3. The van der Waals surface area contributed by atoms with Gasteiger partial charge < -0.3 is 20.1 Å². The Morgan fingerprint density at radius 3 is 2.27 bits per heavy atom. The molecule has 0 spiro atoms. The van der Waals surface area contributed by atoms with Crippen molar-refractivity contribution in [3.05, 3.63) is 76.0 Å². The number of ether oxygens (including phenoxy) is 2. The van der Waals surface area contributed by atoms with Gasteiger partial charge in [-0.05, 0) is 68.5 Å². The molecule has 0 aliphatic carbocycles. The van der Waals surface area contributed by atoms with Gasteiger partial charge in [0.05, 0.1) is 25.6 Å². The van der Waals surface area contributed by atoms with Crippen molar-refractivity contribution in [2.75, 3.05) is 25.7 Å². The van der Waals surface area contributed by atoms with Crippen LogP contribution in [0.25, 0.3) is 0 Å². The SMILES string of the molecule is COc1ccc(C(C(=O)NC(C)(C)C)N(C(=O)CNC(=O)c2cccs2)c2ccccc2C)cc1OC. The van der Waals surface area contributed by atoms with Crippen LogP contribution in [-0.2, 0) is 9.59 Å². The summed E-state index contributed by atoms with van der Waals surface area (Å²) < 4.78 is 10.9. The fourth-order valence-corrected chi connectivity index (χ4v) is 4.51. The lowest BCUT2D eigenvalue weighted by atomic mass is 9.99. The lowest BCUT2D eigenvalue weighted by Crippen LogP contribution is -2.51. The minimum Gasteiger partial charge on any atom is -0.493 e. The highest BCUT2D eigenvalue weighted by Gasteiger charge is 2.35. The van der Waals surface area contributed by atoms with Gasteiger partial charge >= 0.3 is 0 Å². The van der Waals surface area contributed by atoms with Gasteiger partial charge in [0.25, 0.3) is 5.91 Å². The van der Waals surface area contributed by atoms with E-state index in [1.807, 2.05) is 39.8 Å². The number of hydrogen-bond donors (Lipinski definition) is 2. The van der Waals surface area contributed by atoms with Gasteiger partial charge in [-0.25, -0.2) is 0 Å². The minimum atomic E-state index is -1.05. The van der Waals surface area contributed by atoms with E-state index >= 15 is 0 Å². The normalized spacial score (nSPS) is 11.8. The molecule has 3 amide bonds. The average molecular weight is 524 g/mol. The van der Waals surface area contributed by atoms with Crippen LogP contribution in [0.1, 0.15) is 47.6 Å². The molecule has 0 saturated heterocycles. The molecule has 8 nitrogen and oxygen atoms in total. The number of carbonyl (C=O) groups is 3. The highest BCUT2D eigenvalue weighted by Crippen LogP contribution is 2.35. The molecular formula is C28H33N3O5S. The summed E-state index contributed by atoms with van der Waals surface area (Å²) in [5.41, 5.74) is 1.33. The van der Waals surface area contributed by atoms with E-state index in [1.54, 1.807) is 47.8 Å². The van der Waals surface area contributed by atoms with Crippen molar-refractivity contribution in [2.45, 2.75) is 39.3 Å². The molecule has 3 aromatic rings. The van der Waals surface area contributed by atoms with Crippen LogP contribution in [0, 0.1) is 6.92 Å². The van der Waals surface area contributed by atoms with Crippen molar-refractivity contribution in [1.82, 2.24) is 10.6 Å². The second-order valence-electron chi connectivity index (χ2n) is 9.47. The van der Waals surface area contributed by atoms with E-state index in [-0.39, 0.29) is 18.4 Å². The number of hydrogen-bond acceptors (Lipinski definition) is 6. The number of anilines is 1. The van der Waals surface area contributed by atoms with Crippen LogP contribution in [0.15, 0.2) is 60.0 Å². The molecule has 3 rings (SSSR count). The van der Waals surface area contributed by atoms with E-state index in [1.165, 1.54) is 30.5 Å². The number of nitrogens with one attached hydrogen (secondary N) is 2. The van der Waals surface area contributed by atoms with Crippen molar-refractivity contribution in [3.63, 3.8) is 0 Å². The molecule has 1 heterocycles. The molecule has 196 valence electrons. The molecule has 0 bridgehead atoms. The smallest absolute Gasteiger partial charge is 0.261 e. The molecule has 0 saturated carbocycles. The summed E-state index contributed by atoms with van der Waals surface area (Å²) in [4.78, 5) is 42.1. The summed E-state index contributed by atoms with van der Waals surface area (Å²) in [6.45, 7) is 7.19. The molecular weight excluding hydrogens is 490 g/mol. The number of para-hydroxylation sites is 1. The Morgan fingerprint density at radius 1 is 0.973 bits per heavy atom. The second kappa shape index (κ2) is 11.9. The van der Waals surface area contributed by atoms with Gasteiger partial charge in [0, 0.05) is 11.2 Å². The third kappa shape index (κ3) is 6.89. The van der Waals surface area contributed by atoms with Crippen molar-refractivity contribution in [1.29, 1.82) is 0 Å². The molecule has 0 radical (unpaired) electrons. The Bertz CT molecular complexity index is 1250. The maximum Gasteiger partial charge on any atom is 0.261 e. The van der Waals surface area contributed by atoms with Crippen LogP contribution < -0.4 is 25.0 Å². The molecule has 2 N–H and O–H groups in total. The summed E-state index contributed by atoms with van der Waals surface area (Å²) in [5.74, 6) is -0.242. The lowest BCUT2D eigenvalue weighted by Gasteiger charge is -2.34. The van der Waals surface area contributed by atoms with Gasteiger partial charge in [-0.1, -0.05) is 30.3 Å². The molecule has 0 aliphatic heterocycles. The van der Waals surface area contributed by atoms with Crippen molar-refractivity contribution < 1.29 is 23.9 Å². The number of amides is 3. The monoisotopic (exact) mass is 523 g/mol. The van der Waals surface area contributed by atoms with Crippen LogP contribution in [-0.4, -0.2) is 44.0 Å². The van der Waals surface area contributed by atoms with E-state index in [4.69, 9.17) is 9.47 Å². The van der Waals surface area contributed by atoms with Crippen LogP contribution in [0.2, 0.25) is 0 Å². The van der Waals surface area contributed by atoms with Crippen molar-refractivity contribution in [2.24, 2.45) is 0 Å². The van der Waals surface area contributed by atoms with E-state index in [0.29, 0.717) is 27.6 Å². The van der Waals surface area contributed by atoms with Gasteiger partial charge in [0.15, 0.2) is 11.5 Å². The van der Waals surface area contributed by atoms with Crippen molar-refractivity contribution in [3.8, 4) is 11.5 Å². The Hall–Kier alpha value is -3.85. The molecule has 1 unspecified atom stereocenters. The molecule has 9 heteroatoms. The zero-order valence-electron chi connectivity index (χ0n) is 22.0. The summed E-state index contributed by atoms with van der Waals surface area (Å²) in [7, 11) is 3.04. The van der Waals surface area contributed by atoms with E-state index in [2.05, 4.69) is 10.6 Å². The fourth-order valence-electron chi connectivity index (χ4n) is 3.87. The highest BCUT2D eigenvalue weighted by atomic mass is 32.1. The zero-order chi connectivity index (χ0) is 27.2. The molecule has 1 aromatic heterocycles. The van der Waals surface area contributed by atoms with Gasteiger partial charge in [-0.2, -0.15) is 0 Å². The number of thiophene rings is 1. The lowest BCUT2D eigenvalue weighted by molar-refractivity contribution is -0.127. The maximum absolute atomic E-state index is 13.8. The van der Waals surface area contributed by atoms with Crippen LogP contribution in [0.5, 0.6) is 11.5 Å². The first-order chi connectivity index (χ1) is 17.6. The standard InChI is InChI=1S/C28H33N3O5S/c1-18-10-7-8-11-20(18)31(24(32)17-29-26(33)23-12-9-15-37-23)25(27(34)30-28(2,3)4)19-13-14-21(35-5)22(16-19)36-6/h7-16,25H,17H2,1-6H3,(H,29,33)(H,30,34). The van der Waals surface area contributed by atoms with Crippen LogP contribution >= 0.6 is 11.3 Å². The predicted octanol–water partition coefficient (Wildman–Crippen LogP) is 4.49. The predicted molar refractivity (Wildman–Crippen MR) is 145 cm³/mol. The average Bonchev–Trinajstić information content (AvgIpc) is 3.40. The van der Waals surface area contributed by atoms with E-state index in [0.717, 1.165) is 5.56 Å². The Balaban J connectivity index is 2.10. The summed E-state index contributed by atoms with van der Waals surface area (Å²) in [5, 5.41) is 7.49. The van der Waals surface area contributed by atoms with E-state index in [9.17, 15) is 14.4 Å². The fraction of sp³-hybridized carbons (Fsp3) is 0.321. The topological polar surface area (TPSA) is 97.0 Å². The number of methoxy groups -OCH3 is 2. The van der Waals surface area contributed by atoms with Crippen LogP contribution in [0.4, 0.5) is 5.69 Å². The molecule has 1 atom stereocenters. The Labute approximate surface area is 221 Å². The van der Waals surface area contributed by atoms with Gasteiger partial charge in [-0.15, -0.1) is 11.3 Å². The number of rotatable bonds is 9. The first-order valence-corrected chi connectivity index (χ1v) is 12.7. The third-order valence-electron chi connectivity index (χ3n) is 5.52. The Morgan fingerprint density at radius 2 is 1.68 bits per heavy atom. The zero-order valence-corrected chi connectivity index (χ0v) is 22.8. The third-order valence-corrected chi connectivity index (χ3v) is 6.39. The Kier molecular flexibility index (Phi) is 8.94. The largest absolute Gasteiger partial charge is 0.493 e. The first-order valence-electron chi connectivity index (χ1n) is 11.8. The van der Waals surface area contributed by atoms with E-state index < -0.39 is 17.5 Å².